The minimum absolute atomic E-state index is 0.434. The van der Waals surface area contributed by atoms with E-state index in [1.807, 2.05) is 13.8 Å². The molecule has 0 rings (SSSR count). The lowest BCUT2D eigenvalue weighted by Gasteiger charge is -2.11. The van der Waals surface area contributed by atoms with Gasteiger partial charge in [-0.3, -0.25) is 4.99 Å². The quantitative estimate of drug-likeness (QED) is 0.628. The van der Waals surface area contributed by atoms with Crippen molar-refractivity contribution in [1.29, 1.82) is 5.26 Å². The molecule has 0 aliphatic rings. The molecular formula is C9H16N4. The molecule has 13 heavy (non-hydrogen) atoms. The Morgan fingerprint density at radius 1 is 1.62 bits per heavy atom. The molecule has 0 saturated carbocycles. The van der Waals surface area contributed by atoms with Gasteiger partial charge in [0.15, 0.2) is 0 Å². The number of allylic oxidation sites excluding steroid dienone is 1. The summed E-state index contributed by atoms with van der Waals surface area (Å²) < 4.78 is 0. The Labute approximate surface area is 78.9 Å². The molecule has 0 aliphatic heterocycles. The lowest BCUT2D eigenvalue weighted by molar-refractivity contribution is 0.512. The monoisotopic (exact) mass is 180 g/mol. The van der Waals surface area contributed by atoms with E-state index < -0.39 is 5.41 Å². The number of hydrogen-bond acceptors (Lipinski definition) is 4. The minimum Gasteiger partial charge on any atom is -0.403 e. The lowest BCUT2D eigenvalue weighted by atomic mass is 9.96. The molecule has 0 fully saturated rings. The Bertz CT molecular complexity index is 268. The van der Waals surface area contributed by atoms with E-state index in [9.17, 15) is 0 Å². The van der Waals surface area contributed by atoms with Gasteiger partial charge in [0.1, 0.15) is 0 Å². The number of rotatable bonds is 3. The average molecular weight is 180 g/mol. The zero-order chi connectivity index (χ0) is 10.5. The maximum Gasteiger partial charge on any atom is 0.0712 e. The molecule has 0 atom stereocenters. The highest BCUT2D eigenvalue weighted by Crippen LogP contribution is 2.13. The van der Waals surface area contributed by atoms with Crippen molar-refractivity contribution in [2.75, 3.05) is 6.54 Å². The minimum atomic E-state index is -0.448. The predicted octanol–water partition coefficient (Wildman–Crippen LogP) is 0.756. The van der Waals surface area contributed by atoms with E-state index in [-0.39, 0.29) is 0 Å². The molecule has 0 aliphatic carbocycles. The SMILES string of the molecule is CC(=NCC(C)(C)C#N)C(N)=CN. The Balaban J connectivity index is 4.39. The summed E-state index contributed by atoms with van der Waals surface area (Å²) in [5.74, 6) is 0. The van der Waals surface area contributed by atoms with E-state index >= 15 is 0 Å². The summed E-state index contributed by atoms with van der Waals surface area (Å²) in [5, 5.41) is 8.71. The van der Waals surface area contributed by atoms with Gasteiger partial charge >= 0.3 is 0 Å². The highest BCUT2D eigenvalue weighted by atomic mass is 14.8. The molecule has 0 aromatic heterocycles. The van der Waals surface area contributed by atoms with Crippen LogP contribution in [0.1, 0.15) is 20.8 Å². The van der Waals surface area contributed by atoms with Crippen LogP contribution in [0.25, 0.3) is 0 Å². The van der Waals surface area contributed by atoms with Gasteiger partial charge in [-0.15, -0.1) is 0 Å². The van der Waals surface area contributed by atoms with Crippen molar-refractivity contribution < 1.29 is 0 Å². The Morgan fingerprint density at radius 2 is 2.15 bits per heavy atom. The van der Waals surface area contributed by atoms with Gasteiger partial charge in [0, 0.05) is 6.20 Å². The fourth-order valence-corrected chi connectivity index (χ4v) is 0.563. The molecule has 4 N–H and O–H groups in total. The second-order valence-electron chi connectivity index (χ2n) is 3.52. The molecule has 72 valence electrons. The second kappa shape index (κ2) is 4.51. The van der Waals surface area contributed by atoms with Gasteiger partial charge in [0.25, 0.3) is 0 Å². The van der Waals surface area contributed by atoms with E-state index in [4.69, 9.17) is 16.7 Å². The van der Waals surface area contributed by atoms with Crippen LogP contribution in [-0.4, -0.2) is 12.3 Å². The molecule has 0 aromatic rings. The summed E-state index contributed by atoms with van der Waals surface area (Å²) in [6.45, 7) is 5.86. The fraction of sp³-hybridized carbons (Fsp3) is 0.556. The third-order valence-electron chi connectivity index (χ3n) is 1.61. The number of hydrogen-bond donors (Lipinski definition) is 2. The number of nitrogens with zero attached hydrogens (tertiary/aromatic N) is 2. The molecule has 0 bridgehead atoms. The van der Waals surface area contributed by atoms with Crippen molar-refractivity contribution in [1.82, 2.24) is 0 Å². The summed E-state index contributed by atoms with van der Waals surface area (Å²) in [7, 11) is 0. The Hall–Kier alpha value is -1.50. The molecule has 4 heteroatoms. The summed E-state index contributed by atoms with van der Waals surface area (Å²) in [6.07, 6.45) is 1.30. The third kappa shape index (κ3) is 4.16. The lowest BCUT2D eigenvalue weighted by Crippen LogP contribution is -2.16. The first-order valence-corrected chi connectivity index (χ1v) is 4.03. The molecule has 0 saturated heterocycles. The normalized spacial score (nSPS) is 14.0. The summed E-state index contributed by atoms with van der Waals surface area (Å²) in [5.41, 5.74) is 11.4. The number of nitriles is 1. The molecule has 0 radical (unpaired) electrons. The van der Waals surface area contributed by atoms with Gasteiger partial charge in [-0.25, -0.2) is 0 Å². The summed E-state index contributed by atoms with van der Waals surface area (Å²) in [6, 6.07) is 2.15. The van der Waals surface area contributed by atoms with Gasteiger partial charge in [-0.1, -0.05) is 0 Å². The molecule has 0 heterocycles. The topological polar surface area (TPSA) is 88.2 Å². The molecular weight excluding hydrogens is 164 g/mol. The maximum atomic E-state index is 8.71. The van der Waals surface area contributed by atoms with Gasteiger partial charge in [0.05, 0.1) is 29.4 Å². The fourth-order valence-electron chi connectivity index (χ4n) is 0.563. The summed E-state index contributed by atoms with van der Waals surface area (Å²) in [4.78, 5) is 4.16. The van der Waals surface area contributed by atoms with Crippen molar-refractivity contribution in [3.63, 3.8) is 0 Å². The summed E-state index contributed by atoms with van der Waals surface area (Å²) >= 11 is 0. The van der Waals surface area contributed by atoms with Gasteiger partial charge in [-0.05, 0) is 20.8 Å². The van der Waals surface area contributed by atoms with Crippen LogP contribution in [0, 0.1) is 16.7 Å². The third-order valence-corrected chi connectivity index (χ3v) is 1.61. The number of nitrogens with two attached hydrogens (primary N) is 2. The van der Waals surface area contributed by atoms with Crippen LogP contribution < -0.4 is 11.5 Å². The highest BCUT2D eigenvalue weighted by Gasteiger charge is 2.15. The van der Waals surface area contributed by atoms with Crippen LogP contribution >= 0.6 is 0 Å². The van der Waals surface area contributed by atoms with E-state index in [0.717, 1.165) is 0 Å². The van der Waals surface area contributed by atoms with Crippen LogP contribution in [0.5, 0.6) is 0 Å². The van der Waals surface area contributed by atoms with Crippen LogP contribution in [-0.2, 0) is 0 Å². The standard InChI is InChI=1S/C9H16N4/c1-7(8(12)4-10)13-6-9(2,3)5-11/h4H,6,10,12H2,1-3H3. The van der Waals surface area contributed by atoms with Crippen molar-refractivity contribution in [2.45, 2.75) is 20.8 Å². The smallest absolute Gasteiger partial charge is 0.0712 e. The van der Waals surface area contributed by atoms with Crippen LogP contribution in [0.3, 0.4) is 0 Å². The molecule has 0 aromatic carbocycles. The largest absolute Gasteiger partial charge is 0.403 e. The molecule has 4 nitrogen and oxygen atoms in total. The Morgan fingerprint density at radius 3 is 2.54 bits per heavy atom. The van der Waals surface area contributed by atoms with Crippen molar-refractivity contribution in [3.8, 4) is 6.07 Å². The molecule has 0 spiro atoms. The highest BCUT2D eigenvalue weighted by molar-refractivity contribution is 5.97. The zero-order valence-electron chi connectivity index (χ0n) is 8.33. The molecule has 0 unspecified atom stereocenters. The van der Waals surface area contributed by atoms with Gasteiger partial charge in [-0.2, -0.15) is 5.26 Å². The first-order chi connectivity index (χ1) is 5.93. The van der Waals surface area contributed by atoms with E-state index in [1.54, 1.807) is 6.92 Å². The van der Waals surface area contributed by atoms with Crippen molar-refractivity contribution in [3.05, 3.63) is 11.9 Å². The van der Waals surface area contributed by atoms with Gasteiger partial charge < -0.3 is 11.5 Å². The van der Waals surface area contributed by atoms with Crippen LogP contribution in [0.15, 0.2) is 16.9 Å². The maximum absolute atomic E-state index is 8.71. The van der Waals surface area contributed by atoms with Crippen molar-refractivity contribution in [2.24, 2.45) is 21.9 Å². The van der Waals surface area contributed by atoms with Crippen molar-refractivity contribution >= 4 is 5.71 Å². The predicted molar refractivity (Wildman–Crippen MR) is 53.8 cm³/mol. The average Bonchev–Trinajstić information content (AvgIpc) is 2.13. The Kier molecular flexibility index (Phi) is 3.99. The number of aliphatic imine (C=N–C) groups is 1. The molecule has 0 amide bonds. The van der Waals surface area contributed by atoms with E-state index in [0.29, 0.717) is 18.0 Å². The zero-order valence-corrected chi connectivity index (χ0v) is 8.33. The first-order valence-electron chi connectivity index (χ1n) is 4.03. The van der Waals surface area contributed by atoms with Gasteiger partial charge in [0.2, 0.25) is 0 Å². The van der Waals surface area contributed by atoms with E-state index in [1.165, 1.54) is 6.20 Å². The first kappa shape index (κ1) is 11.5. The van der Waals surface area contributed by atoms with Crippen LogP contribution in [0.2, 0.25) is 0 Å². The van der Waals surface area contributed by atoms with E-state index in [2.05, 4.69) is 11.1 Å². The van der Waals surface area contributed by atoms with Crippen LogP contribution in [0.4, 0.5) is 0 Å². The second-order valence-corrected chi connectivity index (χ2v) is 3.52.